The Balaban J connectivity index is 0.00000392. The Morgan fingerprint density at radius 3 is 2.50 bits per heavy atom. The fourth-order valence-corrected chi connectivity index (χ4v) is 4.67. The van der Waals surface area contributed by atoms with E-state index in [1.165, 1.54) is 12.1 Å². The Morgan fingerprint density at radius 1 is 1.29 bits per heavy atom. The molecule has 1 aliphatic rings. The Bertz CT molecular complexity index is 776. The summed E-state index contributed by atoms with van der Waals surface area (Å²) in [5.74, 6) is 0.764. The van der Waals surface area contributed by atoms with Gasteiger partial charge in [-0.1, -0.05) is 31.5 Å². The van der Waals surface area contributed by atoms with E-state index in [0.29, 0.717) is 37.2 Å². The van der Waals surface area contributed by atoms with E-state index in [1.54, 1.807) is 13.1 Å². The van der Waals surface area contributed by atoms with E-state index in [-0.39, 0.29) is 46.7 Å². The average Bonchev–Trinajstić information content (AvgIpc) is 2.59. The Morgan fingerprint density at radius 2 is 1.93 bits per heavy atom. The number of sulfone groups is 1. The van der Waals surface area contributed by atoms with E-state index in [9.17, 15) is 12.8 Å². The van der Waals surface area contributed by atoms with Gasteiger partial charge >= 0.3 is 0 Å². The minimum atomic E-state index is -2.85. The molecule has 1 saturated heterocycles. The van der Waals surface area contributed by atoms with Gasteiger partial charge in [-0.3, -0.25) is 9.89 Å². The largest absolute Gasteiger partial charge is 0.356 e. The lowest BCUT2D eigenvalue weighted by Gasteiger charge is -2.29. The van der Waals surface area contributed by atoms with Gasteiger partial charge in [-0.25, -0.2) is 12.8 Å². The van der Waals surface area contributed by atoms with Crippen LogP contribution in [0, 0.1) is 5.82 Å². The first-order chi connectivity index (χ1) is 12.6. The van der Waals surface area contributed by atoms with Crippen LogP contribution in [0.15, 0.2) is 23.2 Å². The molecule has 28 heavy (non-hydrogen) atoms. The third kappa shape index (κ3) is 7.64. The van der Waals surface area contributed by atoms with Crippen molar-refractivity contribution in [3.8, 4) is 0 Å². The molecule has 0 unspecified atom stereocenters. The molecule has 1 heterocycles. The summed E-state index contributed by atoms with van der Waals surface area (Å²) < 4.78 is 36.2. The zero-order valence-corrected chi connectivity index (χ0v) is 20.4. The van der Waals surface area contributed by atoms with Crippen LogP contribution >= 0.6 is 35.6 Å². The molecule has 1 aromatic rings. The second-order valence-electron chi connectivity index (χ2n) is 7.35. The predicted octanol–water partition coefficient (Wildman–Crippen LogP) is 2.27. The quantitative estimate of drug-likeness (QED) is 0.325. The highest BCUT2D eigenvalue weighted by Gasteiger charge is 2.24. The molecule has 0 spiro atoms. The van der Waals surface area contributed by atoms with Crippen LogP contribution in [0.1, 0.15) is 19.4 Å². The minimum absolute atomic E-state index is 0. The molecule has 1 fully saturated rings. The molecule has 0 atom stereocenters. The number of hydrogen-bond acceptors (Lipinski definition) is 4. The molecule has 0 saturated carbocycles. The lowest BCUT2D eigenvalue weighted by molar-refractivity contribution is 0.299. The highest BCUT2D eigenvalue weighted by molar-refractivity contribution is 14.0. The monoisotopic (exact) mass is 546 g/mol. The SMILES string of the molecule is CN=C(NCCN1CCS(=O)(=O)CC1)NCC(C)(C)c1ccc(F)cc1Cl.I. The number of guanidine groups is 1. The van der Waals surface area contributed by atoms with Gasteiger partial charge in [-0.15, -0.1) is 24.0 Å². The van der Waals surface area contributed by atoms with Gasteiger partial charge < -0.3 is 10.6 Å². The summed E-state index contributed by atoms with van der Waals surface area (Å²) in [5.41, 5.74) is 0.548. The molecule has 0 bridgehead atoms. The van der Waals surface area contributed by atoms with Crippen molar-refractivity contribution in [3.05, 3.63) is 34.6 Å². The zero-order chi connectivity index (χ0) is 20.1. The third-order valence-electron chi connectivity index (χ3n) is 4.74. The topological polar surface area (TPSA) is 73.8 Å². The molecule has 2 rings (SSSR count). The van der Waals surface area contributed by atoms with Crippen LogP contribution in [-0.2, 0) is 15.3 Å². The number of nitrogens with one attached hydrogen (secondary N) is 2. The molecular weight excluding hydrogens is 518 g/mol. The number of aliphatic imine (C=N–C) groups is 1. The van der Waals surface area contributed by atoms with Crippen molar-refractivity contribution in [1.82, 2.24) is 15.5 Å². The number of nitrogens with zero attached hydrogens (tertiary/aromatic N) is 2. The van der Waals surface area contributed by atoms with Gasteiger partial charge in [0.15, 0.2) is 15.8 Å². The van der Waals surface area contributed by atoms with Crippen LogP contribution < -0.4 is 10.6 Å². The smallest absolute Gasteiger partial charge is 0.191 e. The average molecular weight is 547 g/mol. The van der Waals surface area contributed by atoms with E-state index >= 15 is 0 Å². The molecule has 1 aromatic carbocycles. The zero-order valence-electron chi connectivity index (χ0n) is 16.5. The first kappa shape index (κ1) is 25.4. The van der Waals surface area contributed by atoms with Crippen molar-refractivity contribution in [1.29, 1.82) is 0 Å². The maximum absolute atomic E-state index is 13.3. The summed E-state index contributed by atoms with van der Waals surface area (Å²) in [6.07, 6.45) is 0. The van der Waals surface area contributed by atoms with Crippen LogP contribution in [0.2, 0.25) is 5.02 Å². The molecule has 10 heteroatoms. The summed E-state index contributed by atoms with van der Waals surface area (Å²) in [6, 6.07) is 4.44. The number of benzene rings is 1. The first-order valence-corrected chi connectivity index (χ1v) is 11.2. The minimum Gasteiger partial charge on any atom is -0.356 e. The van der Waals surface area contributed by atoms with Gasteiger partial charge in [0.25, 0.3) is 0 Å². The lowest BCUT2D eigenvalue weighted by atomic mass is 9.84. The van der Waals surface area contributed by atoms with Gasteiger partial charge in [0.05, 0.1) is 11.5 Å². The van der Waals surface area contributed by atoms with E-state index in [2.05, 4.69) is 20.5 Å². The molecule has 160 valence electrons. The Kier molecular flexibility index (Phi) is 9.92. The van der Waals surface area contributed by atoms with Crippen LogP contribution in [0.25, 0.3) is 0 Å². The second kappa shape index (κ2) is 10.9. The van der Waals surface area contributed by atoms with E-state index in [4.69, 9.17) is 11.6 Å². The highest BCUT2D eigenvalue weighted by atomic mass is 127. The van der Waals surface area contributed by atoms with E-state index in [0.717, 1.165) is 12.1 Å². The number of rotatable bonds is 6. The van der Waals surface area contributed by atoms with Crippen molar-refractivity contribution in [3.63, 3.8) is 0 Å². The maximum Gasteiger partial charge on any atom is 0.191 e. The molecule has 0 amide bonds. The van der Waals surface area contributed by atoms with Crippen molar-refractivity contribution in [2.45, 2.75) is 19.3 Å². The van der Waals surface area contributed by atoms with Crippen molar-refractivity contribution >= 4 is 51.4 Å². The molecular formula is C18H29ClFIN4O2S. The fraction of sp³-hybridized carbons (Fsp3) is 0.611. The summed E-state index contributed by atoms with van der Waals surface area (Å²) in [5, 5.41) is 6.92. The van der Waals surface area contributed by atoms with E-state index in [1.807, 2.05) is 13.8 Å². The molecule has 6 nitrogen and oxygen atoms in total. The standard InChI is InChI=1S/C18H28ClFN4O2S.HI/c1-18(2,15-5-4-14(20)12-16(15)19)13-23-17(21-3)22-6-7-24-8-10-27(25,26)11-9-24;/h4-5,12H,6-11,13H2,1-3H3,(H2,21,22,23);1H. The Labute approximate surface area is 189 Å². The predicted molar refractivity (Wildman–Crippen MR) is 124 cm³/mol. The van der Waals surface area contributed by atoms with Gasteiger partial charge in [0, 0.05) is 50.2 Å². The van der Waals surface area contributed by atoms with Crippen LogP contribution in [0.5, 0.6) is 0 Å². The molecule has 2 N–H and O–H groups in total. The second-order valence-corrected chi connectivity index (χ2v) is 10.1. The summed E-state index contributed by atoms with van der Waals surface area (Å²) >= 11 is 6.19. The van der Waals surface area contributed by atoms with Crippen molar-refractivity contribution in [2.75, 3.05) is 51.3 Å². The summed E-state index contributed by atoms with van der Waals surface area (Å²) in [4.78, 5) is 6.34. The van der Waals surface area contributed by atoms with Crippen molar-refractivity contribution < 1.29 is 12.8 Å². The van der Waals surface area contributed by atoms with Crippen LogP contribution in [0.4, 0.5) is 4.39 Å². The first-order valence-electron chi connectivity index (χ1n) is 8.96. The summed E-state index contributed by atoms with van der Waals surface area (Å²) in [6.45, 7) is 7.19. The molecule has 0 radical (unpaired) electrons. The summed E-state index contributed by atoms with van der Waals surface area (Å²) in [7, 11) is -1.16. The fourth-order valence-electron chi connectivity index (χ4n) is 2.97. The van der Waals surface area contributed by atoms with Gasteiger partial charge in [-0.2, -0.15) is 0 Å². The Hall–Kier alpha value is -0.650. The highest BCUT2D eigenvalue weighted by Crippen LogP contribution is 2.29. The molecule has 0 aromatic heterocycles. The number of halogens is 3. The van der Waals surface area contributed by atoms with Crippen molar-refractivity contribution in [2.24, 2.45) is 4.99 Å². The molecule has 1 aliphatic heterocycles. The van der Waals surface area contributed by atoms with E-state index < -0.39 is 9.84 Å². The molecule has 0 aliphatic carbocycles. The third-order valence-corrected chi connectivity index (χ3v) is 6.66. The van der Waals surface area contributed by atoms with Crippen LogP contribution in [-0.4, -0.2) is 70.6 Å². The normalized spacial score (nSPS) is 17.7. The number of hydrogen-bond donors (Lipinski definition) is 2. The van der Waals surface area contributed by atoms with Gasteiger partial charge in [0.1, 0.15) is 5.82 Å². The van der Waals surface area contributed by atoms with Gasteiger partial charge in [-0.05, 0) is 17.7 Å². The lowest BCUT2D eigenvalue weighted by Crippen LogP contribution is -2.47. The van der Waals surface area contributed by atoms with Crippen LogP contribution in [0.3, 0.4) is 0 Å². The van der Waals surface area contributed by atoms with Gasteiger partial charge in [0.2, 0.25) is 0 Å². The maximum atomic E-state index is 13.3.